The summed E-state index contributed by atoms with van der Waals surface area (Å²) in [6.07, 6.45) is 0.680. The van der Waals surface area contributed by atoms with E-state index in [-0.39, 0.29) is 13.2 Å². The van der Waals surface area contributed by atoms with Crippen LogP contribution in [0.5, 0.6) is 0 Å². The van der Waals surface area contributed by atoms with Gasteiger partial charge in [-0.05, 0) is 24.5 Å². The van der Waals surface area contributed by atoms with Crippen LogP contribution in [0.1, 0.15) is 18.1 Å². The highest BCUT2D eigenvalue weighted by Gasteiger charge is 2.45. The Morgan fingerprint density at radius 3 is 2.83 bits per heavy atom. The van der Waals surface area contributed by atoms with E-state index in [2.05, 4.69) is 10.9 Å². The zero-order valence-electron chi connectivity index (χ0n) is 13.0. The minimum atomic E-state index is -3.66. The Morgan fingerprint density at radius 1 is 1.35 bits per heavy atom. The third kappa shape index (κ3) is 3.12. The number of carbonyl (C=O) groups excluding carboxylic acids is 1. The summed E-state index contributed by atoms with van der Waals surface area (Å²) in [4.78, 5) is 12.0. The van der Waals surface area contributed by atoms with Crippen molar-refractivity contribution in [2.24, 2.45) is 5.92 Å². The molecule has 7 nitrogen and oxygen atoms in total. The topological polar surface area (TPSA) is 87.7 Å². The number of sulfonamides is 1. The number of nitrogens with one attached hydrogen (secondary N) is 2. The van der Waals surface area contributed by atoms with Gasteiger partial charge in [0, 0.05) is 19.6 Å². The second-order valence-electron chi connectivity index (χ2n) is 5.70. The number of benzene rings is 1. The number of ether oxygens (including phenoxy) is 1. The van der Waals surface area contributed by atoms with Gasteiger partial charge in [0.05, 0.1) is 6.61 Å². The number of carbonyl (C=O) groups is 1. The fourth-order valence-corrected chi connectivity index (χ4v) is 4.90. The molecule has 0 radical (unpaired) electrons. The molecular weight excluding hydrogens is 318 g/mol. The molecule has 1 aromatic rings. The SMILES string of the molecule is CCOC(=O)C1CNNC1S(=O)(=O)N1CCc2ccccc2C1. The van der Waals surface area contributed by atoms with E-state index in [4.69, 9.17) is 4.74 Å². The molecule has 23 heavy (non-hydrogen) atoms. The lowest BCUT2D eigenvalue weighted by molar-refractivity contribution is -0.147. The Balaban J connectivity index is 1.80. The summed E-state index contributed by atoms with van der Waals surface area (Å²) in [6.45, 7) is 2.95. The number of nitrogens with zero attached hydrogens (tertiary/aromatic N) is 1. The molecule has 0 bridgehead atoms. The van der Waals surface area contributed by atoms with E-state index in [1.807, 2.05) is 24.3 Å². The average Bonchev–Trinajstić information content (AvgIpc) is 3.05. The van der Waals surface area contributed by atoms with E-state index < -0.39 is 27.3 Å². The Labute approximate surface area is 136 Å². The molecule has 2 aliphatic rings. The summed E-state index contributed by atoms with van der Waals surface area (Å²) in [7, 11) is -3.66. The number of hydrazine groups is 1. The molecule has 0 aliphatic carbocycles. The summed E-state index contributed by atoms with van der Waals surface area (Å²) in [6, 6.07) is 7.84. The molecule has 3 rings (SSSR count). The van der Waals surface area contributed by atoms with Crippen molar-refractivity contribution in [3.05, 3.63) is 35.4 Å². The quantitative estimate of drug-likeness (QED) is 0.750. The van der Waals surface area contributed by atoms with Gasteiger partial charge in [-0.3, -0.25) is 10.2 Å². The van der Waals surface area contributed by atoms with Gasteiger partial charge in [0.15, 0.2) is 5.37 Å². The molecule has 0 amide bonds. The van der Waals surface area contributed by atoms with Crippen LogP contribution >= 0.6 is 0 Å². The van der Waals surface area contributed by atoms with Gasteiger partial charge < -0.3 is 4.74 Å². The van der Waals surface area contributed by atoms with E-state index in [0.717, 1.165) is 5.56 Å². The summed E-state index contributed by atoms with van der Waals surface area (Å²) in [5.41, 5.74) is 7.69. The number of hydrogen-bond donors (Lipinski definition) is 2. The molecule has 2 heterocycles. The second-order valence-corrected chi connectivity index (χ2v) is 7.76. The maximum Gasteiger partial charge on any atom is 0.313 e. The van der Waals surface area contributed by atoms with Crippen LogP contribution in [-0.2, 0) is 32.5 Å². The van der Waals surface area contributed by atoms with Crippen LogP contribution in [-0.4, -0.2) is 43.8 Å². The predicted octanol–water partition coefficient (Wildman–Crippen LogP) is -0.0123. The standard InChI is InChI=1S/C15H21N3O4S/c1-2-22-15(19)13-9-16-17-14(13)23(20,21)18-8-7-11-5-3-4-6-12(11)10-18/h3-6,13-14,16-17H,2,7-10H2,1H3. The van der Waals surface area contributed by atoms with E-state index in [1.165, 1.54) is 9.87 Å². The van der Waals surface area contributed by atoms with Crippen molar-refractivity contribution in [1.29, 1.82) is 0 Å². The number of esters is 1. The number of fused-ring (bicyclic) bond motifs is 1. The van der Waals surface area contributed by atoms with Crippen LogP contribution in [0.25, 0.3) is 0 Å². The summed E-state index contributed by atoms with van der Waals surface area (Å²) < 4.78 is 32.3. The normalized spacial score (nSPS) is 25.1. The van der Waals surface area contributed by atoms with Gasteiger partial charge in [0.25, 0.3) is 0 Å². The van der Waals surface area contributed by atoms with Crippen LogP contribution in [0.3, 0.4) is 0 Å². The first kappa shape index (κ1) is 16.4. The van der Waals surface area contributed by atoms with Gasteiger partial charge in [-0.15, -0.1) is 0 Å². The smallest absolute Gasteiger partial charge is 0.313 e. The molecular formula is C15H21N3O4S. The van der Waals surface area contributed by atoms with Crippen molar-refractivity contribution < 1.29 is 17.9 Å². The van der Waals surface area contributed by atoms with Gasteiger partial charge in [0.1, 0.15) is 5.92 Å². The third-order valence-electron chi connectivity index (χ3n) is 4.30. The van der Waals surface area contributed by atoms with Crippen LogP contribution in [0.15, 0.2) is 24.3 Å². The Bertz CT molecular complexity index is 692. The molecule has 2 unspecified atom stereocenters. The van der Waals surface area contributed by atoms with Gasteiger partial charge in [0.2, 0.25) is 10.0 Å². The zero-order chi connectivity index (χ0) is 16.4. The minimum absolute atomic E-state index is 0.235. The van der Waals surface area contributed by atoms with Gasteiger partial charge in [-0.25, -0.2) is 13.8 Å². The van der Waals surface area contributed by atoms with Gasteiger partial charge in [-0.2, -0.15) is 4.31 Å². The lowest BCUT2D eigenvalue weighted by atomic mass is 10.0. The fourth-order valence-electron chi connectivity index (χ4n) is 3.06. The van der Waals surface area contributed by atoms with Crippen molar-refractivity contribution in [1.82, 2.24) is 15.2 Å². The molecule has 1 saturated heterocycles. The Kier molecular flexibility index (Phi) is 4.67. The van der Waals surface area contributed by atoms with Gasteiger partial charge in [-0.1, -0.05) is 24.3 Å². The number of rotatable bonds is 4. The highest BCUT2D eigenvalue weighted by atomic mass is 32.2. The van der Waals surface area contributed by atoms with Crippen molar-refractivity contribution >= 4 is 16.0 Å². The minimum Gasteiger partial charge on any atom is -0.466 e. The highest BCUT2D eigenvalue weighted by molar-refractivity contribution is 7.89. The molecule has 0 saturated carbocycles. The van der Waals surface area contributed by atoms with Crippen molar-refractivity contribution in [3.63, 3.8) is 0 Å². The second kappa shape index (κ2) is 6.56. The molecule has 1 fully saturated rings. The summed E-state index contributed by atoms with van der Waals surface area (Å²) in [5.74, 6) is -1.23. The van der Waals surface area contributed by atoms with Crippen LogP contribution in [0, 0.1) is 5.92 Å². The van der Waals surface area contributed by atoms with Crippen LogP contribution < -0.4 is 10.9 Å². The Morgan fingerprint density at radius 2 is 2.09 bits per heavy atom. The van der Waals surface area contributed by atoms with Crippen LogP contribution in [0.2, 0.25) is 0 Å². The molecule has 2 atom stereocenters. The largest absolute Gasteiger partial charge is 0.466 e. The lowest BCUT2D eigenvalue weighted by Crippen LogP contribution is -2.50. The molecule has 2 aliphatic heterocycles. The van der Waals surface area contributed by atoms with E-state index in [0.29, 0.717) is 19.5 Å². The first-order valence-corrected chi connectivity index (χ1v) is 9.25. The van der Waals surface area contributed by atoms with Crippen LogP contribution in [0.4, 0.5) is 0 Å². The molecule has 8 heteroatoms. The van der Waals surface area contributed by atoms with Crippen molar-refractivity contribution in [2.45, 2.75) is 25.3 Å². The average molecular weight is 339 g/mol. The molecule has 126 valence electrons. The van der Waals surface area contributed by atoms with Crippen molar-refractivity contribution in [2.75, 3.05) is 19.7 Å². The maximum absolute atomic E-state index is 12.9. The van der Waals surface area contributed by atoms with E-state index in [1.54, 1.807) is 6.92 Å². The lowest BCUT2D eigenvalue weighted by Gasteiger charge is -2.31. The van der Waals surface area contributed by atoms with E-state index in [9.17, 15) is 13.2 Å². The Hall–Kier alpha value is -1.48. The van der Waals surface area contributed by atoms with Gasteiger partial charge >= 0.3 is 5.97 Å². The highest BCUT2D eigenvalue weighted by Crippen LogP contribution is 2.26. The third-order valence-corrected chi connectivity index (χ3v) is 6.42. The summed E-state index contributed by atoms with van der Waals surface area (Å²) in [5, 5.41) is -0.994. The number of hydrogen-bond acceptors (Lipinski definition) is 6. The zero-order valence-corrected chi connectivity index (χ0v) is 13.8. The summed E-state index contributed by atoms with van der Waals surface area (Å²) >= 11 is 0. The monoisotopic (exact) mass is 339 g/mol. The first-order valence-electron chi connectivity index (χ1n) is 7.75. The maximum atomic E-state index is 12.9. The predicted molar refractivity (Wildman–Crippen MR) is 84.5 cm³/mol. The molecule has 1 aromatic carbocycles. The molecule has 0 spiro atoms. The first-order chi connectivity index (χ1) is 11.0. The fraction of sp³-hybridized carbons (Fsp3) is 0.533. The molecule has 0 aromatic heterocycles. The van der Waals surface area contributed by atoms with E-state index >= 15 is 0 Å². The molecule has 2 N–H and O–H groups in total. The van der Waals surface area contributed by atoms with Crippen molar-refractivity contribution in [3.8, 4) is 0 Å².